The fraction of sp³-hybridized carbons (Fsp3) is 0.400. The molecule has 0 saturated heterocycles. The number of aliphatic hydroxyl groups excluding tert-OH is 1. The van der Waals surface area contributed by atoms with Crippen LogP contribution in [0.2, 0.25) is 0 Å². The van der Waals surface area contributed by atoms with E-state index in [9.17, 15) is 14.3 Å². The number of carbonyl (C=O) groups is 1. The molecule has 1 aliphatic heterocycles. The highest BCUT2D eigenvalue weighted by molar-refractivity contribution is 7.10. The van der Waals surface area contributed by atoms with Crippen LogP contribution in [-0.2, 0) is 16.0 Å². The maximum Gasteiger partial charge on any atom is 0.237 e. The lowest BCUT2D eigenvalue weighted by atomic mass is 10.0. The van der Waals surface area contributed by atoms with Crippen LogP contribution < -0.4 is 4.74 Å². The van der Waals surface area contributed by atoms with Gasteiger partial charge in [0, 0.05) is 24.5 Å². The summed E-state index contributed by atoms with van der Waals surface area (Å²) in [5.74, 6) is 2.53. The molecule has 176 valence electrons. The second kappa shape index (κ2) is 12.5. The zero-order valence-corrected chi connectivity index (χ0v) is 19.3. The minimum atomic E-state index is -0.770. The lowest BCUT2D eigenvalue weighted by Gasteiger charge is -2.37. The largest absolute Gasteiger partial charge is 0.491 e. The van der Waals surface area contributed by atoms with Crippen LogP contribution in [-0.4, -0.2) is 72.9 Å². The van der Waals surface area contributed by atoms with Crippen molar-refractivity contribution in [1.29, 1.82) is 0 Å². The van der Waals surface area contributed by atoms with Gasteiger partial charge in [0.15, 0.2) is 0 Å². The van der Waals surface area contributed by atoms with Gasteiger partial charge in [0.1, 0.15) is 24.8 Å². The predicted molar refractivity (Wildman–Crippen MR) is 127 cm³/mol. The van der Waals surface area contributed by atoms with Crippen molar-refractivity contribution in [3.05, 3.63) is 64.6 Å². The molecule has 6 nitrogen and oxygen atoms in total. The van der Waals surface area contributed by atoms with Gasteiger partial charge < -0.3 is 19.5 Å². The zero-order valence-electron chi connectivity index (χ0n) is 18.5. The Morgan fingerprint density at radius 3 is 2.94 bits per heavy atom. The number of fused-ring (bicyclic) bond motifs is 1. The van der Waals surface area contributed by atoms with Gasteiger partial charge in [-0.3, -0.25) is 9.69 Å². The third-order valence-corrected chi connectivity index (χ3v) is 6.34. The maximum atomic E-state index is 13.3. The molecule has 2 atom stereocenters. The molecule has 0 fully saturated rings. The molecule has 1 aromatic carbocycles. The molecule has 3 rings (SSSR count). The van der Waals surface area contributed by atoms with E-state index in [4.69, 9.17) is 15.9 Å². The average molecular weight is 473 g/mol. The first kappa shape index (κ1) is 24.9. The fourth-order valence-corrected chi connectivity index (χ4v) is 4.78. The Labute approximate surface area is 198 Å². The molecule has 2 aromatic rings. The van der Waals surface area contributed by atoms with Crippen LogP contribution in [0, 0.1) is 18.2 Å². The summed E-state index contributed by atoms with van der Waals surface area (Å²) in [6.45, 7) is 5.68. The minimum Gasteiger partial charge on any atom is -0.491 e. The van der Waals surface area contributed by atoms with Gasteiger partial charge in [0.25, 0.3) is 0 Å². The Hall–Kier alpha value is -2.70. The summed E-state index contributed by atoms with van der Waals surface area (Å²) in [5.41, 5.74) is 1.08. The Morgan fingerprint density at radius 1 is 1.42 bits per heavy atom. The molecular formula is C25H29FN2O4S. The van der Waals surface area contributed by atoms with E-state index in [1.165, 1.54) is 17.0 Å². The van der Waals surface area contributed by atoms with Crippen molar-refractivity contribution < 1.29 is 23.8 Å². The van der Waals surface area contributed by atoms with Crippen molar-refractivity contribution in [2.75, 3.05) is 46.0 Å². The van der Waals surface area contributed by atoms with Gasteiger partial charge in [0.05, 0.1) is 25.3 Å². The van der Waals surface area contributed by atoms with Crippen LogP contribution in [0.1, 0.15) is 16.5 Å². The number of aliphatic hydroxyl groups is 1. The van der Waals surface area contributed by atoms with E-state index >= 15 is 0 Å². The zero-order chi connectivity index (χ0) is 23.6. The Bertz CT molecular complexity index is 956. The molecule has 0 aliphatic carbocycles. The Balaban J connectivity index is 1.67. The van der Waals surface area contributed by atoms with Gasteiger partial charge in [-0.1, -0.05) is 12.0 Å². The van der Waals surface area contributed by atoms with Gasteiger partial charge in [0.2, 0.25) is 5.91 Å². The molecule has 0 spiro atoms. The number of terminal acetylenes is 1. The number of nitrogens with zero attached hydrogens (tertiary/aromatic N) is 2. The molecule has 1 amide bonds. The molecular weight excluding hydrogens is 443 g/mol. The van der Waals surface area contributed by atoms with Crippen LogP contribution in [0.3, 0.4) is 0 Å². The standard InChI is InChI=1S/C25H29FN2O4S/c1-3-11-27(15-20(29)17-31-13-4-2)16-25(30)28-12-9-24-22(10-14-33-24)23(28)18-32-21-7-5-19(26)6-8-21/h2-3,5-8,10,14,20,23,29H,1,9,11-13,15-18H2/t20-,23-/m0/s1. The lowest BCUT2D eigenvalue weighted by molar-refractivity contribution is -0.136. The van der Waals surface area contributed by atoms with E-state index in [1.807, 2.05) is 21.2 Å². The van der Waals surface area contributed by atoms with Crippen molar-refractivity contribution in [2.24, 2.45) is 0 Å². The summed E-state index contributed by atoms with van der Waals surface area (Å²) >= 11 is 1.68. The van der Waals surface area contributed by atoms with Gasteiger partial charge in [-0.05, 0) is 47.7 Å². The first-order valence-electron chi connectivity index (χ1n) is 10.8. The normalized spacial score (nSPS) is 16.2. The number of amides is 1. The third-order valence-electron chi connectivity index (χ3n) is 5.35. The van der Waals surface area contributed by atoms with Gasteiger partial charge in [-0.25, -0.2) is 4.39 Å². The first-order chi connectivity index (χ1) is 16.0. The van der Waals surface area contributed by atoms with Crippen molar-refractivity contribution in [1.82, 2.24) is 9.80 Å². The van der Waals surface area contributed by atoms with E-state index in [0.29, 0.717) is 18.8 Å². The summed E-state index contributed by atoms with van der Waals surface area (Å²) in [6.07, 6.45) is 6.88. The molecule has 1 aliphatic rings. The van der Waals surface area contributed by atoms with Crippen LogP contribution in [0.25, 0.3) is 0 Å². The highest BCUT2D eigenvalue weighted by Crippen LogP contribution is 2.34. The second-order valence-corrected chi connectivity index (χ2v) is 8.77. The lowest BCUT2D eigenvalue weighted by Crippen LogP contribution is -2.48. The molecule has 1 N–H and O–H groups in total. The second-order valence-electron chi connectivity index (χ2n) is 7.77. The Kier molecular flexibility index (Phi) is 9.46. The van der Waals surface area contributed by atoms with Crippen LogP contribution in [0.15, 0.2) is 48.4 Å². The number of benzene rings is 1. The third kappa shape index (κ3) is 7.14. The maximum absolute atomic E-state index is 13.3. The number of halogens is 1. The molecule has 1 aromatic heterocycles. The molecule has 2 heterocycles. The van der Waals surface area contributed by atoms with Gasteiger partial charge >= 0.3 is 0 Å². The molecule has 8 heteroatoms. The number of hydrogen-bond donors (Lipinski definition) is 1. The monoisotopic (exact) mass is 472 g/mol. The van der Waals surface area contributed by atoms with Crippen molar-refractivity contribution in [2.45, 2.75) is 18.6 Å². The van der Waals surface area contributed by atoms with Crippen molar-refractivity contribution in [3.63, 3.8) is 0 Å². The van der Waals surface area contributed by atoms with Gasteiger partial charge in [-0.15, -0.1) is 24.3 Å². The summed E-state index contributed by atoms with van der Waals surface area (Å²) in [7, 11) is 0. The highest BCUT2D eigenvalue weighted by atomic mass is 32.1. The quantitative estimate of drug-likeness (QED) is 0.292. The van der Waals surface area contributed by atoms with E-state index < -0.39 is 6.10 Å². The fourth-order valence-electron chi connectivity index (χ4n) is 3.85. The van der Waals surface area contributed by atoms with Crippen LogP contribution in [0.5, 0.6) is 5.75 Å². The summed E-state index contributed by atoms with van der Waals surface area (Å²) in [6, 6.07) is 7.64. The Morgan fingerprint density at radius 2 is 2.21 bits per heavy atom. The molecule has 0 radical (unpaired) electrons. The predicted octanol–water partition coefficient (Wildman–Crippen LogP) is 2.89. The van der Waals surface area contributed by atoms with E-state index in [2.05, 4.69) is 12.5 Å². The highest BCUT2D eigenvalue weighted by Gasteiger charge is 2.33. The number of hydrogen-bond acceptors (Lipinski definition) is 6. The van der Waals surface area contributed by atoms with E-state index in [-0.39, 0.29) is 50.7 Å². The van der Waals surface area contributed by atoms with Crippen LogP contribution >= 0.6 is 11.3 Å². The average Bonchev–Trinajstić information content (AvgIpc) is 3.28. The topological polar surface area (TPSA) is 62.2 Å². The smallest absolute Gasteiger partial charge is 0.237 e. The van der Waals surface area contributed by atoms with Crippen LogP contribution in [0.4, 0.5) is 4.39 Å². The minimum absolute atomic E-state index is 0.0573. The first-order valence-corrected chi connectivity index (χ1v) is 11.7. The summed E-state index contributed by atoms with van der Waals surface area (Å²) in [5, 5.41) is 12.3. The summed E-state index contributed by atoms with van der Waals surface area (Å²) in [4.78, 5) is 18.2. The molecule has 0 saturated carbocycles. The summed E-state index contributed by atoms with van der Waals surface area (Å²) < 4.78 is 24.3. The van der Waals surface area contributed by atoms with Gasteiger partial charge in [-0.2, -0.15) is 0 Å². The number of thiophene rings is 1. The van der Waals surface area contributed by atoms with E-state index in [1.54, 1.807) is 29.5 Å². The molecule has 33 heavy (non-hydrogen) atoms. The van der Waals surface area contributed by atoms with Crippen molar-refractivity contribution in [3.8, 4) is 18.1 Å². The van der Waals surface area contributed by atoms with Crippen molar-refractivity contribution >= 4 is 17.2 Å². The number of carbonyl (C=O) groups excluding carboxylic acids is 1. The number of ether oxygens (including phenoxy) is 2. The SMILES string of the molecule is C#CCOC[C@@H](O)CN(CC=C)CC(=O)N1CCc2sccc2[C@@H]1COc1ccc(F)cc1. The van der Waals surface area contributed by atoms with E-state index in [0.717, 1.165) is 12.0 Å². The number of rotatable bonds is 12. The molecule has 0 bridgehead atoms. The molecule has 0 unspecified atom stereocenters.